The molecule has 1 aliphatic rings. The van der Waals surface area contributed by atoms with E-state index in [9.17, 15) is 4.79 Å². The van der Waals surface area contributed by atoms with Gasteiger partial charge in [0.25, 0.3) is 0 Å². The molecule has 0 aromatic heterocycles. The highest BCUT2D eigenvalue weighted by molar-refractivity contribution is 5.71. The van der Waals surface area contributed by atoms with Crippen LogP contribution >= 0.6 is 0 Å². The van der Waals surface area contributed by atoms with Gasteiger partial charge in [0, 0.05) is 26.2 Å². The second kappa shape index (κ2) is 7.31. The number of rotatable bonds is 4. The van der Waals surface area contributed by atoms with E-state index in [2.05, 4.69) is 4.90 Å². The SMILES string of the molecule is COc1c(CN2CCCCC2)cccc1OC(=O)N(C)C. The van der Waals surface area contributed by atoms with Gasteiger partial charge in [0.15, 0.2) is 11.5 Å². The Morgan fingerprint density at radius 2 is 1.95 bits per heavy atom. The van der Waals surface area contributed by atoms with Gasteiger partial charge in [-0.15, -0.1) is 0 Å². The van der Waals surface area contributed by atoms with E-state index in [0.717, 1.165) is 25.2 Å². The topological polar surface area (TPSA) is 42.0 Å². The molecule has 5 nitrogen and oxygen atoms in total. The van der Waals surface area contributed by atoms with Crippen molar-refractivity contribution in [2.45, 2.75) is 25.8 Å². The number of nitrogens with zero attached hydrogens (tertiary/aromatic N) is 2. The third-order valence-corrected chi connectivity index (χ3v) is 3.67. The minimum absolute atomic E-state index is 0.400. The second-order valence-electron chi connectivity index (χ2n) is 5.55. The van der Waals surface area contributed by atoms with Crippen molar-refractivity contribution in [2.75, 3.05) is 34.3 Å². The monoisotopic (exact) mass is 292 g/mol. The highest BCUT2D eigenvalue weighted by Crippen LogP contribution is 2.32. The van der Waals surface area contributed by atoms with Crippen molar-refractivity contribution >= 4 is 6.09 Å². The van der Waals surface area contributed by atoms with Gasteiger partial charge >= 0.3 is 6.09 Å². The number of amides is 1. The highest BCUT2D eigenvalue weighted by atomic mass is 16.6. The standard InChI is InChI=1S/C16H24N2O3/c1-17(2)16(19)21-14-9-7-8-13(15(14)20-3)12-18-10-5-4-6-11-18/h7-9H,4-6,10-12H2,1-3H3. The van der Waals surface area contributed by atoms with Crippen LogP contribution in [0.4, 0.5) is 4.79 Å². The van der Waals surface area contributed by atoms with Crippen molar-refractivity contribution < 1.29 is 14.3 Å². The lowest BCUT2D eigenvalue weighted by molar-refractivity contribution is 0.169. The Morgan fingerprint density at radius 1 is 1.24 bits per heavy atom. The zero-order valence-electron chi connectivity index (χ0n) is 13.1. The first-order valence-corrected chi connectivity index (χ1v) is 7.39. The zero-order valence-corrected chi connectivity index (χ0v) is 13.1. The maximum absolute atomic E-state index is 11.7. The molecule has 21 heavy (non-hydrogen) atoms. The molecule has 1 fully saturated rings. The van der Waals surface area contributed by atoms with Gasteiger partial charge in [-0.05, 0) is 32.0 Å². The third-order valence-electron chi connectivity index (χ3n) is 3.67. The first-order valence-electron chi connectivity index (χ1n) is 7.39. The van der Waals surface area contributed by atoms with Crippen molar-refractivity contribution in [3.8, 4) is 11.5 Å². The van der Waals surface area contributed by atoms with E-state index in [1.807, 2.05) is 12.1 Å². The summed E-state index contributed by atoms with van der Waals surface area (Å²) in [4.78, 5) is 15.5. The fourth-order valence-electron chi connectivity index (χ4n) is 2.54. The second-order valence-corrected chi connectivity index (χ2v) is 5.55. The van der Waals surface area contributed by atoms with Crippen LogP contribution in [-0.4, -0.2) is 50.2 Å². The molecule has 0 spiro atoms. The summed E-state index contributed by atoms with van der Waals surface area (Å²) in [7, 11) is 4.93. The Hall–Kier alpha value is -1.75. The van der Waals surface area contributed by atoms with Gasteiger partial charge in [-0.2, -0.15) is 0 Å². The molecule has 0 unspecified atom stereocenters. The molecular weight excluding hydrogens is 268 g/mol. The first kappa shape index (κ1) is 15.6. The summed E-state index contributed by atoms with van der Waals surface area (Å²) >= 11 is 0. The molecule has 1 heterocycles. The van der Waals surface area contributed by atoms with Crippen LogP contribution in [0.1, 0.15) is 24.8 Å². The molecule has 1 aliphatic heterocycles. The molecule has 1 aromatic rings. The van der Waals surface area contributed by atoms with E-state index in [-0.39, 0.29) is 0 Å². The largest absolute Gasteiger partial charge is 0.492 e. The molecule has 0 aliphatic carbocycles. The molecule has 2 rings (SSSR count). The Balaban J connectivity index is 2.15. The molecule has 0 bridgehead atoms. The maximum atomic E-state index is 11.7. The van der Waals surface area contributed by atoms with Gasteiger partial charge in [0.1, 0.15) is 0 Å². The van der Waals surface area contributed by atoms with Gasteiger partial charge in [-0.1, -0.05) is 18.6 Å². The first-order chi connectivity index (χ1) is 10.1. The van der Waals surface area contributed by atoms with Crippen LogP contribution in [0, 0.1) is 0 Å². The van der Waals surface area contributed by atoms with Crippen LogP contribution in [0.3, 0.4) is 0 Å². The van der Waals surface area contributed by atoms with E-state index < -0.39 is 6.09 Å². The summed E-state index contributed by atoms with van der Waals surface area (Å²) in [6.07, 6.45) is 3.41. The summed E-state index contributed by atoms with van der Waals surface area (Å²) in [5.74, 6) is 1.13. The third kappa shape index (κ3) is 4.11. The van der Waals surface area contributed by atoms with Gasteiger partial charge in [-0.25, -0.2) is 4.79 Å². The molecule has 1 saturated heterocycles. The Morgan fingerprint density at radius 3 is 2.57 bits per heavy atom. The summed E-state index contributed by atoms with van der Waals surface area (Å²) < 4.78 is 10.8. The molecule has 0 N–H and O–H groups in total. The predicted octanol–water partition coefficient (Wildman–Crippen LogP) is 2.74. The minimum atomic E-state index is -0.400. The average Bonchev–Trinajstić information content (AvgIpc) is 2.48. The van der Waals surface area contributed by atoms with Crippen molar-refractivity contribution in [3.05, 3.63) is 23.8 Å². The number of hydrogen-bond acceptors (Lipinski definition) is 4. The number of para-hydroxylation sites is 1. The summed E-state index contributed by atoms with van der Waals surface area (Å²) in [6.45, 7) is 3.06. The smallest absolute Gasteiger partial charge is 0.414 e. The van der Waals surface area contributed by atoms with Gasteiger partial charge < -0.3 is 14.4 Å². The number of methoxy groups -OCH3 is 1. The van der Waals surface area contributed by atoms with E-state index in [1.54, 1.807) is 27.3 Å². The predicted molar refractivity (Wildman–Crippen MR) is 81.8 cm³/mol. The van der Waals surface area contributed by atoms with Crippen LogP contribution in [0.2, 0.25) is 0 Å². The lowest BCUT2D eigenvalue weighted by Crippen LogP contribution is -2.29. The molecule has 1 amide bonds. The Kier molecular flexibility index (Phi) is 5.44. The number of carbonyl (C=O) groups is 1. The quantitative estimate of drug-likeness (QED) is 0.855. The number of ether oxygens (including phenoxy) is 2. The number of benzene rings is 1. The highest BCUT2D eigenvalue weighted by Gasteiger charge is 2.17. The van der Waals surface area contributed by atoms with E-state index >= 15 is 0 Å². The van der Waals surface area contributed by atoms with Crippen molar-refractivity contribution in [1.29, 1.82) is 0 Å². The maximum Gasteiger partial charge on any atom is 0.414 e. The van der Waals surface area contributed by atoms with Crippen molar-refractivity contribution in [1.82, 2.24) is 9.80 Å². The Labute approximate surface area is 126 Å². The Bertz CT molecular complexity index is 482. The summed E-state index contributed by atoms with van der Waals surface area (Å²) in [5, 5.41) is 0. The average molecular weight is 292 g/mol. The molecule has 5 heteroatoms. The molecular formula is C16H24N2O3. The van der Waals surface area contributed by atoms with Crippen LogP contribution in [0.5, 0.6) is 11.5 Å². The number of likely N-dealkylation sites (tertiary alicyclic amines) is 1. The molecule has 0 radical (unpaired) electrons. The van der Waals surface area contributed by atoms with Crippen LogP contribution < -0.4 is 9.47 Å². The number of hydrogen-bond donors (Lipinski definition) is 0. The van der Waals surface area contributed by atoms with Crippen LogP contribution in [0.25, 0.3) is 0 Å². The van der Waals surface area contributed by atoms with Gasteiger partial charge in [0.05, 0.1) is 7.11 Å². The molecule has 116 valence electrons. The normalized spacial score (nSPS) is 15.6. The molecule has 1 aromatic carbocycles. The lowest BCUT2D eigenvalue weighted by atomic mass is 10.1. The van der Waals surface area contributed by atoms with E-state index in [4.69, 9.17) is 9.47 Å². The summed E-state index contributed by atoms with van der Waals surface area (Å²) in [6, 6.07) is 5.69. The van der Waals surface area contributed by atoms with E-state index in [0.29, 0.717) is 11.5 Å². The molecule has 0 atom stereocenters. The number of piperidine rings is 1. The summed E-state index contributed by atoms with van der Waals surface area (Å²) in [5.41, 5.74) is 1.06. The van der Waals surface area contributed by atoms with E-state index in [1.165, 1.54) is 24.2 Å². The lowest BCUT2D eigenvalue weighted by Gasteiger charge is -2.27. The van der Waals surface area contributed by atoms with Crippen molar-refractivity contribution in [2.24, 2.45) is 0 Å². The fourth-order valence-corrected chi connectivity index (χ4v) is 2.54. The van der Waals surface area contributed by atoms with Gasteiger partial charge in [-0.3, -0.25) is 4.90 Å². The van der Waals surface area contributed by atoms with Crippen LogP contribution in [-0.2, 0) is 6.54 Å². The zero-order chi connectivity index (χ0) is 15.2. The van der Waals surface area contributed by atoms with Crippen LogP contribution in [0.15, 0.2) is 18.2 Å². The molecule has 0 saturated carbocycles. The number of carbonyl (C=O) groups excluding carboxylic acids is 1. The minimum Gasteiger partial charge on any atom is -0.492 e. The van der Waals surface area contributed by atoms with Gasteiger partial charge in [0.2, 0.25) is 0 Å². The van der Waals surface area contributed by atoms with Crippen molar-refractivity contribution in [3.63, 3.8) is 0 Å². The fraction of sp³-hybridized carbons (Fsp3) is 0.562.